The van der Waals surface area contributed by atoms with E-state index in [1.807, 2.05) is 0 Å². The van der Waals surface area contributed by atoms with Gasteiger partial charge in [0.05, 0.1) is 0 Å². The van der Waals surface area contributed by atoms with Crippen LogP contribution in [0.15, 0.2) is 36.4 Å². The number of hydrogen-bond donors (Lipinski definition) is 0. The summed E-state index contributed by atoms with van der Waals surface area (Å²) in [6.07, 6.45) is 5.71. The van der Waals surface area contributed by atoms with Crippen molar-refractivity contribution in [3.8, 4) is 5.75 Å². The quantitative estimate of drug-likeness (QED) is 0.357. The highest BCUT2D eigenvalue weighted by Gasteiger charge is 2.26. The van der Waals surface area contributed by atoms with Crippen molar-refractivity contribution in [1.82, 2.24) is 4.57 Å². The summed E-state index contributed by atoms with van der Waals surface area (Å²) in [6.45, 7) is 5.68. The summed E-state index contributed by atoms with van der Waals surface area (Å²) < 4.78 is 7.60. The molecule has 1 aromatic carbocycles. The molecule has 3 rings (SSSR count). The van der Waals surface area contributed by atoms with Gasteiger partial charge in [-0.2, -0.15) is 0 Å². The Morgan fingerprint density at radius 2 is 1.83 bits per heavy atom. The molecular weight excluding hydrogens is 302 g/mol. The molecule has 0 atom stereocenters. The minimum atomic E-state index is -0.429. The predicted molar refractivity (Wildman–Crippen MR) is 93.3 cm³/mol. The van der Waals surface area contributed by atoms with Crippen LogP contribution in [0.25, 0.3) is 6.08 Å². The summed E-state index contributed by atoms with van der Waals surface area (Å²) in [4.78, 5) is 23.2. The van der Waals surface area contributed by atoms with E-state index in [2.05, 4.69) is 24.5 Å². The number of carbonyl (C=O) groups excluding carboxylic acids is 2. The zero-order chi connectivity index (χ0) is 17.3. The first-order valence-electron chi connectivity index (χ1n) is 8.15. The number of ketones is 1. The van der Waals surface area contributed by atoms with Crippen LogP contribution in [-0.2, 0) is 4.79 Å². The molecule has 4 nitrogen and oxygen atoms in total. The second-order valence-electron chi connectivity index (χ2n) is 6.26. The molecule has 0 radical (unpaired) electrons. The molecule has 1 aliphatic rings. The van der Waals surface area contributed by atoms with Gasteiger partial charge >= 0.3 is 5.97 Å². The van der Waals surface area contributed by atoms with Gasteiger partial charge in [0.15, 0.2) is 5.78 Å². The highest BCUT2D eigenvalue weighted by atomic mass is 16.5. The van der Waals surface area contributed by atoms with Crippen molar-refractivity contribution in [2.75, 3.05) is 0 Å². The Hall–Kier alpha value is -2.62. The Labute approximate surface area is 141 Å². The van der Waals surface area contributed by atoms with E-state index in [0.29, 0.717) is 17.4 Å². The van der Waals surface area contributed by atoms with Crippen LogP contribution in [0.4, 0.5) is 0 Å². The Balaban J connectivity index is 1.67. The third kappa shape index (κ3) is 3.48. The third-order valence-corrected chi connectivity index (χ3v) is 4.31. The Bertz CT molecular complexity index is 808. The number of nitrogens with zero attached hydrogens (tertiary/aromatic N) is 1. The minimum Gasteiger partial charge on any atom is -0.423 e. The van der Waals surface area contributed by atoms with Crippen molar-refractivity contribution < 1.29 is 14.3 Å². The fourth-order valence-electron chi connectivity index (χ4n) is 2.93. The number of Topliss-reactive ketones (excluding diaryl/α,β-unsaturated/α-hetero) is 1. The van der Waals surface area contributed by atoms with Crippen LogP contribution in [0.3, 0.4) is 0 Å². The summed E-state index contributed by atoms with van der Waals surface area (Å²) in [5.74, 6) is -0.0151. The highest BCUT2D eigenvalue weighted by Crippen LogP contribution is 2.38. The molecular formula is C20H21NO3. The average Bonchev–Trinajstić information content (AvgIpc) is 3.32. The molecule has 24 heavy (non-hydrogen) atoms. The molecule has 0 unspecified atom stereocenters. The second-order valence-corrected chi connectivity index (χ2v) is 6.26. The van der Waals surface area contributed by atoms with Crippen molar-refractivity contribution in [3.63, 3.8) is 0 Å². The fourth-order valence-corrected chi connectivity index (χ4v) is 2.93. The number of aryl methyl sites for hydroxylation is 1. The van der Waals surface area contributed by atoms with Crippen molar-refractivity contribution in [2.24, 2.45) is 0 Å². The lowest BCUT2D eigenvalue weighted by atomic mass is 10.1. The standard InChI is InChI=1S/C20H21NO3/c1-13-12-17(14(2)21(13)18-7-8-18)6-11-20(23)24-19-9-4-16(5-10-19)15(3)22/h4-6,9-12,18H,7-8H2,1-3H3/b11-6+. The van der Waals surface area contributed by atoms with Gasteiger partial charge < -0.3 is 9.30 Å². The predicted octanol–water partition coefficient (Wildman–Crippen LogP) is 4.26. The number of aromatic nitrogens is 1. The van der Waals surface area contributed by atoms with E-state index < -0.39 is 5.97 Å². The summed E-state index contributed by atoms with van der Waals surface area (Å²) in [5.41, 5.74) is 4.05. The van der Waals surface area contributed by atoms with Gasteiger partial charge in [0, 0.05) is 29.1 Å². The van der Waals surface area contributed by atoms with Gasteiger partial charge in [-0.25, -0.2) is 4.79 Å². The van der Waals surface area contributed by atoms with Gasteiger partial charge in [-0.3, -0.25) is 4.79 Å². The summed E-state index contributed by atoms with van der Waals surface area (Å²) in [7, 11) is 0. The SMILES string of the molecule is CC(=O)c1ccc(OC(=O)/C=C/c2cc(C)n(C3CC3)c2C)cc1. The first kappa shape index (κ1) is 16.2. The van der Waals surface area contributed by atoms with Crippen molar-refractivity contribution in [1.29, 1.82) is 0 Å². The Kier molecular flexibility index (Phi) is 4.38. The van der Waals surface area contributed by atoms with Gasteiger partial charge in [-0.05, 0) is 75.6 Å². The lowest BCUT2D eigenvalue weighted by Crippen LogP contribution is -2.04. The van der Waals surface area contributed by atoms with E-state index in [1.54, 1.807) is 30.3 Å². The molecule has 0 amide bonds. The molecule has 0 saturated heterocycles. The highest BCUT2D eigenvalue weighted by molar-refractivity contribution is 5.94. The van der Waals surface area contributed by atoms with Crippen LogP contribution in [0.1, 0.15) is 53.1 Å². The minimum absolute atomic E-state index is 0.0150. The van der Waals surface area contributed by atoms with Crippen molar-refractivity contribution >= 4 is 17.8 Å². The van der Waals surface area contributed by atoms with Gasteiger partial charge in [0.2, 0.25) is 0 Å². The van der Waals surface area contributed by atoms with E-state index in [-0.39, 0.29) is 5.78 Å². The molecule has 0 spiro atoms. The molecule has 0 bridgehead atoms. The number of rotatable bonds is 5. The van der Waals surface area contributed by atoms with E-state index >= 15 is 0 Å². The van der Waals surface area contributed by atoms with Crippen molar-refractivity contribution in [3.05, 3.63) is 58.9 Å². The van der Waals surface area contributed by atoms with Crippen LogP contribution in [0.2, 0.25) is 0 Å². The van der Waals surface area contributed by atoms with Crippen LogP contribution in [0.5, 0.6) is 5.75 Å². The van der Waals surface area contributed by atoms with Gasteiger partial charge in [0.1, 0.15) is 5.75 Å². The molecule has 0 N–H and O–H groups in total. The molecule has 1 fully saturated rings. The first-order valence-corrected chi connectivity index (χ1v) is 8.15. The zero-order valence-corrected chi connectivity index (χ0v) is 14.2. The molecule has 1 saturated carbocycles. The monoisotopic (exact) mass is 323 g/mol. The van der Waals surface area contributed by atoms with Crippen molar-refractivity contribution in [2.45, 2.75) is 39.7 Å². The lowest BCUT2D eigenvalue weighted by Gasteiger charge is -2.06. The lowest BCUT2D eigenvalue weighted by molar-refractivity contribution is -0.128. The second kappa shape index (κ2) is 6.48. The Morgan fingerprint density at radius 3 is 2.42 bits per heavy atom. The molecule has 0 aliphatic heterocycles. The Morgan fingerprint density at radius 1 is 1.17 bits per heavy atom. The summed E-state index contributed by atoms with van der Waals surface area (Å²) in [5, 5.41) is 0. The molecule has 1 heterocycles. The molecule has 1 aromatic heterocycles. The number of ether oxygens (including phenoxy) is 1. The normalized spacial score (nSPS) is 14.1. The van der Waals surface area contributed by atoms with E-state index in [0.717, 1.165) is 5.56 Å². The van der Waals surface area contributed by atoms with Crippen LogP contribution in [-0.4, -0.2) is 16.3 Å². The maximum atomic E-state index is 12.0. The molecule has 1 aliphatic carbocycles. The largest absolute Gasteiger partial charge is 0.423 e. The topological polar surface area (TPSA) is 48.3 Å². The third-order valence-electron chi connectivity index (χ3n) is 4.31. The number of carbonyl (C=O) groups is 2. The summed E-state index contributed by atoms with van der Waals surface area (Å²) in [6, 6.07) is 9.27. The van der Waals surface area contributed by atoms with E-state index in [4.69, 9.17) is 4.74 Å². The van der Waals surface area contributed by atoms with Crippen LogP contribution in [0, 0.1) is 13.8 Å². The van der Waals surface area contributed by atoms with Gasteiger partial charge in [0.25, 0.3) is 0 Å². The van der Waals surface area contributed by atoms with E-state index in [9.17, 15) is 9.59 Å². The maximum absolute atomic E-state index is 12.0. The molecule has 4 heteroatoms. The zero-order valence-electron chi connectivity index (χ0n) is 14.2. The smallest absolute Gasteiger partial charge is 0.336 e. The van der Waals surface area contributed by atoms with Gasteiger partial charge in [-0.1, -0.05) is 0 Å². The first-order chi connectivity index (χ1) is 11.5. The summed E-state index contributed by atoms with van der Waals surface area (Å²) >= 11 is 0. The van der Waals surface area contributed by atoms with E-state index in [1.165, 1.54) is 37.2 Å². The average molecular weight is 323 g/mol. The number of benzene rings is 1. The molecule has 2 aromatic rings. The maximum Gasteiger partial charge on any atom is 0.336 e. The fraction of sp³-hybridized carbons (Fsp3) is 0.300. The van der Waals surface area contributed by atoms with Gasteiger partial charge in [-0.15, -0.1) is 0 Å². The van der Waals surface area contributed by atoms with Crippen LogP contribution >= 0.6 is 0 Å². The number of hydrogen-bond acceptors (Lipinski definition) is 3. The van der Waals surface area contributed by atoms with Crippen LogP contribution < -0.4 is 4.74 Å². The number of esters is 1. The molecule has 124 valence electrons.